The Kier molecular flexibility index (Phi) is 3.09. The van der Waals surface area contributed by atoms with Gasteiger partial charge < -0.3 is 0 Å². The Labute approximate surface area is 105 Å². The van der Waals surface area contributed by atoms with Gasteiger partial charge in [0.15, 0.2) is 0 Å². The number of hydrogen-bond donors (Lipinski definition) is 0. The Hall–Kier alpha value is -0.303. The van der Waals surface area contributed by atoms with Crippen LogP contribution in [0.4, 0.5) is 0 Å². The lowest BCUT2D eigenvalue weighted by Gasteiger charge is -2.32. The summed E-state index contributed by atoms with van der Waals surface area (Å²) in [6.45, 7) is 18.8. The molecule has 1 unspecified atom stereocenters. The third-order valence-electron chi connectivity index (χ3n) is 3.67. The molecular weight excluding hydrogens is 208 g/mol. The van der Waals surface area contributed by atoms with Gasteiger partial charge in [0.1, 0.15) is 0 Å². The lowest BCUT2D eigenvalue weighted by atomic mass is 9.73. The van der Waals surface area contributed by atoms with Crippen LogP contribution in [0.25, 0.3) is 0 Å². The van der Waals surface area contributed by atoms with Crippen molar-refractivity contribution in [3.05, 3.63) is 22.8 Å². The average molecular weight is 236 g/mol. The minimum Gasteiger partial charge on any atom is -0.0743 e. The molecule has 16 heavy (non-hydrogen) atoms. The minimum atomic E-state index is 0.269. The summed E-state index contributed by atoms with van der Waals surface area (Å²) < 4.78 is 0. The Balaban J connectivity index is 3.42. The Bertz CT molecular complexity index is 354. The topological polar surface area (TPSA) is 0 Å². The Morgan fingerprint density at radius 2 is 1.44 bits per heavy atom. The van der Waals surface area contributed by atoms with Crippen LogP contribution in [0, 0.1) is 10.8 Å². The number of allylic oxidation sites excluding steroid dienone is 4. The molecule has 0 aromatic rings. The highest BCUT2D eigenvalue weighted by Gasteiger charge is 2.38. The molecule has 0 aliphatic heterocycles. The summed E-state index contributed by atoms with van der Waals surface area (Å²) >= 11 is 0. The molecule has 92 valence electrons. The lowest BCUT2D eigenvalue weighted by Crippen LogP contribution is -2.19. The van der Waals surface area contributed by atoms with Crippen LogP contribution in [0.15, 0.2) is 22.8 Å². The van der Waals surface area contributed by atoms with Gasteiger partial charge in [0, 0.05) is 10.2 Å². The molecule has 0 fully saturated rings. The van der Waals surface area contributed by atoms with Crippen molar-refractivity contribution in [3.8, 4) is 0 Å². The highest BCUT2D eigenvalue weighted by Crippen LogP contribution is 2.54. The second-order valence-corrected chi connectivity index (χ2v) is 9.86. The van der Waals surface area contributed by atoms with Crippen LogP contribution in [0.1, 0.15) is 55.4 Å². The summed E-state index contributed by atoms with van der Waals surface area (Å²) in [5, 5.41) is 0.366. The largest absolute Gasteiger partial charge is 0.0743 e. The van der Waals surface area contributed by atoms with Gasteiger partial charge in [-0.25, -0.2) is 0 Å². The van der Waals surface area contributed by atoms with Crippen LogP contribution in [0.2, 0.25) is 5.04 Å². The fourth-order valence-corrected chi connectivity index (χ4v) is 3.16. The van der Waals surface area contributed by atoms with E-state index in [4.69, 9.17) is 0 Å². The maximum Gasteiger partial charge on any atom is 0.0202 e. The van der Waals surface area contributed by atoms with Gasteiger partial charge in [-0.1, -0.05) is 60.1 Å². The molecule has 0 bridgehead atoms. The van der Waals surface area contributed by atoms with E-state index in [0.29, 0.717) is 5.04 Å². The maximum absolute atomic E-state index is 2.54. The van der Waals surface area contributed by atoms with E-state index in [1.54, 1.807) is 16.7 Å². The third kappa shape index (κ3) is 2.34. The quantitative estimate of drug-likeness (QED) is 0.560. The van der Waals surface area contributed by atoms with Crippen LogP contribution in [0.5, 0.6) is 0 Å². The molecular formula is C15H28Si. The van der Waals surface area contributed by atoms with Crippen molar-refractivity contribution in [3.63, 3.8) is 0 Å². The lowest BCUT2D eigenvalue weighted by molar-refractivity contribution is 0.447. The fourth-order valence-electron chi connectivity index (χ4n) is 2.62. The van der Waals surface area contributed by atoms with Crippen LogP contribution in [0.3, 0.4) is 0 Å². The predicted molar refractivity (Wildman–Crippen MR) is 78.0 cm³/mol. The van der Waals surface area contributed by atoms with Crippen molar-refractivity contribution >= 4 is 10.2 Å². The molecule has 0 aromatic heterocycles. The van der Waals surface area contributed by atoms with Gasteiger partial charge in [-0.05, 0) is 33.9 Å². The molecule has 0 amide bonds. The first kappa shape index (κ1) is 13.8. The summed E-state index contributed by atoms with van der Waals surface area (Å²) in [4.78, 5) is 0. The summed E-state index contributed by atoms with van der Waals surface area (Å²) in [6.07, 6.45) is 2.54. The zero-order valence-corrected chi connectivity index (χ0v) is 14.6. The van der Waals surface area contributed by atoms with E-state index in [-0.39, 0.29) is 10.8 Å². The van der Waals surface area contributed by atoms with Crippen molar-refractivity contribution in [2.75, 3.05) is 0 Å². The molecule has 0 saturated heterocycles. The molecule has 0 aromatic carbocycles. The predicted octanol–water partition coefficient (Wildman–Crippen LogP) is 3.88. The van der Waals surface area contributed by atoms with Crippen molar-refractivity contribution in [2.45, 2.75) is 60.4 Å². The second-order valence-electron chi connectivity index (χ2n) is 7.78. The zero-order valence-electron chi connectivity index (χ0n) is 12.6. The second kappa shape index (κ2) is 3.59. The minimum absolute atomic E-state index is 0.269. The summed E-state index contributed by atoms with van der Waals surface area (Å²) in [7, 11) is 1.21. The molecule has 1 rings (SSSR count). The van der Waals surface area contributed by atoms with Gasteiger partial charge in [-0.15, -0.1) is 0 Å². The van der Waals surface area contributed by atoms with Crippen molar-refractivity contribution < 1.29 is 0 Å². The Morgan fingerprint density at radius 1 is 1.00 bits per heavy atom. The molecule has 1 atom stereocenters. The van der Waals surface area contributed by atoms with Crippen LogP contribution in [-0.4, -0.2) is 10.2 Å². The number of hydrogen-bond acceptors (Lipinski definition) is 0. The molecule has 0 spiro atoms. The molecule has 1 aliphatic carbocycles. The zero-order chi connectivity index (χ0) is 12.9. The molecule has 1 aliphatic rings. The molecule has 0 saturated carbocycles. The van der Waals surface area contributed by atoms with E-state index in [0.717, 1.165) is 0 Å². The smallest absolute Gasteiger partial charge is 0.0202 e. The van der Waals surface area contributed by atoms with Crippen molar-refractivity contribution in [2.24, 2.45) is 10.8 Å². The highest BCUT2D eigenvalue weighted by molar-refractivity contribution is 6.19. The van der Waals surface area contributed by atoms with E-state index < -0.39 is 0 Å². The normalized spacial score (nSPS) is 27.6. The highest BCUT2D eigenvalue weighted by atomic mass is 28.1. The van der Waals surface area contributed by atoms with Crippen LogP contribution < -0.4 is 0 Å². The first-order valence-electron chi connectivity index (χ1n) is 6.33. The maximum atomic E-state index is 2.54. The van der Waals surface area contributed by atoms with E-state index in [2.05, 4.69) is 61.5 Å². The summed E-state index contributed by atoms with van der Waals surface area (Å²) in [6, 6.07) is 0. The van der Waals surface area contributed by atoms with E-state index >= 15 is 0 Å². The van der Waals surface area contributed by atoms with Gasteiger partial charge in [0.25, 0.3) is 0 Å². The van der Waals surface area contributed by atoms with Crippen molar-refractivity contribution in [1.82, 2.24) is 0 Å². The molecule has 0 N–H and O–H groups in total. The average Bonchev–Trinajstić information content (AvgIpc) is 2.20. The van der Waals surface area contributed by atoms with E-state index in [1.807, 2.05) is 0 Å². The van der Waals surface area contributed by atoms with Gasteiger partial charge in [-0.2, -0.15) is 0 Å². The van der Waals surface area contributed by atoms with Gasteiger partial charge in [0.05, 0.1) is 0 Å². The Morgan fingerprint density at radius 3 is 1.69 bits per heavy atom. The fraction of sp³-hybridized carbons (Fsp3) is 0.733. The molecule has 0 radical (unpaired) electrons. The molecule has 0 nitrogen and oxygen atoms in total. The van der Waals surface area contributed by atoms with E-state index in [1.165, 1.54) is 10.2 Å². The summed E-state index contributed by atoms with van der Waals surface area (Å²) in [5.74, 6) is 0. The van der Waals surface area contributed by atoms with Gasteiger partial charge >= 0.3 is 0 Å². The van der Waals surface area contributed by atoms with Crippen molar-refractivity contribution in [1.29, 1.82) is 0 Å². The molecule has 1 heteroatoms. The first-order chi connectivity index (χ1) is 6.87. The summed E-state index contributed by atoms with van der Waals surface area (Å²) in [5.41, 5.74) is 5.33. The number of rotatable bonds is 0. The van der Waals surface area contributed by atoms with Crippen LogP contribution in [-0.2, 0) is 0 Å². The first-order valence-corrected chi connectivity index (χ1v) is 7.33. The molecule has 0 heterocycles. The standard InChI is InChI=1S/C15H28Si/c1-10-12(14(5,6)7)11(13(2,3)4)9-15(10,8)16/h9H,1-8,16H3. The van der Waals surface area contributed by atoms with Crippen LogP contribution >= 0.6 is 0 Å². The van der Waals surface area contributed by atoms with E-state index in [9.17, 15) is 0 Å². The third-order valence-corrected chi connectivity index (χ3v) is 4.71. The van der Waals surface area contributed by atoms with Gasteiger partial charge in [0.2, 0.25) is 0 Å². The van der Waals surface area contributed by atoms with Gasteiger partial charge in [-0.3, -0.25) is 0 Å². The SMILES string of the molecule is CC1=C(C(C)(C)C)C(C(C)(C)C)=CC1(C)[SiH3]. The monoisotopic (exact) mass is 236 g/mol.